The van der Waals surface area contributed by atoms with Crippen LogP contribution >= 0.6 is 21.6 Å². The van der Waals surface area contributed by atoms with Crippen LogP contribution in [0.5, 0.6) is 17.2 Å². The molecule has 2 amide bonds. The van der Waals surface area contributed by atoms with Gasteiger partial charge in [-0.1, -0.05) is 39.8 Å². The van der Waals surface area contributed by atoms with E-state index in [9.17, 15) is 19.8 Å². The molecule has 6 aliphatic rings. The number of hydrogen-bond donors (Lipinski definition) is 3. The molecule has 0 radical (unpaired) electrons. The van der Waals surface area contributed by atoms with Gasteiger partial charge in [0.05, 0.1) is 19.5 Å². The number of nitrogens with zero attached hydrogens (tertiary/aromatic N) is 1. The van der Waals surface area contributed by atoms with E-state index < -0.39 is 39.9 Å². The number of hydroxylamine groups is 2. The molecule has 0 saturated carbocycles. The maximum absolute atomic E-state index is 13.5. The minimum atomic E-state index is -1.35. The molecule has 5 aliphatic heterocycles. The molecule has 1 aliphatic carbocycles. The highest BCUT2D eigenvalue weighted by Gasteiger charge is 2.76. The van der Waals surface area contributed by atoms with Gasteiger partial charge in [-0.15, -0.1) is 0 Å². The Morgan fingerprint density at radius 3 is 2.81 bits per heavy atom. The number of phenols is 1. The maximum atomic E-state index is 13.5. The lowest BCUT2D eigenvalue weighted by Gasteiger charge is -2.51. The molecule has 1 aromatic rings. The van der Waals surface area contributed by atoms with Crippen LogP contribution in [0, 0.1) is 0 Å². The number of carbonyl (C=O) groups excluding carboxylic acids is 2. The van der Waals surface area contributed by atoms with E-state index >= 15 is 0 Å². The van der Waals surface area contributed by atoms with Gasteiger partial charge in [0.15, 0.2) is 11.5 Å². The van der Waals surface area contributed by atoms with Crippen LogP contribution in [0.1, 0.15) is 17.2 Å². The first-order valence-electron chi connectivity index (χ1n) is 10.0. The van der Waals surface area contributed by atoms with Gasteiger partial charge < -0.3 is 29.7 Å². The van der Waals surface area contributed by atoms with Crippen molar-refractivity contribution in [1.82, 2.24) is 10.4 Å². The van der Waals surface area contributed by atoms with E-state index in [-0.39, 0.29) is 29.9 Å². The predicted octanol–water partition coefficient (Wildman–Crippen LogP) is 0.641. The van der Waals surface area contributed by atoms with Crippen molar-refractivity contribution in [3.8, 4) is 17.2 Å². The lowest BCUT2D eigenvalue weighted by atomic mass is 9.81. The number of aliphatic hydroxyl groups is 1. The Morgan fingerprint density at radius 2 is 2.06 bits per heavy atom. The van der Waals surface area contributed by atoms with E-state index in [1.54, 1.807) is 24.3 Å². The van der Waals surface area contributed by atoms with Gasteiger partial charge in [-0.2, -0.15) is 5.06 Å². The van der Waals surface area contributed by atoms with Crippen molar-refractivity contribution in [2.24, 2.45) is 0 Å². The lowest BCUT2D eigenvalue weighted by molar-refractivity contribution is -0.281. The molecule has 12 heteroatoms. The molecule has 0 aromatic heterocycles. The third-order valence-electron chi connectivity index (χ3n) is 6.67. The average Bonchev–Trinajstić information content (AvgIpc) is 3.52. The Bertz CT molecular complexity index is 1070. The third kappa shape index (κ3) is 2.44. The van der Waals surface area contributed by atoms with Gasteiger partial charge in [0.25, 0.3) is 11.8 Å². The normalized spacial score (nSPS) is 41.2. The number of methoxy groups -OCH3 is 2. The van der Waals surface area contributed by atoms with Gasteiger partial charge in [0.2, 0.25) is 10.6 Å². The molecule has 5 fully saturated rings. The zero-order valence-corrected chi connectivity index (χ0v) is 18.6. The highest BCUT2D eigenvalue weighted by atomic mass is 33.1. The fourth-order valence-corrected chi connectivity index (χ4v) is 8.51. The molecule has 1 aromatic carbocycles. The number of ether oxygens (including phenoxy) is 3. The van der Waals surface area contributed by atoms with Crippen LogP contribution in [0.25, 0.3) is 0 Å². The van der Waals surface area contributed by atoms with E-state index in [0.717, 1.165) is 5.06 Å². The highest BCUT2D eigenvalue weighted by molar-refractivity contribution is 8.77. The standard InChI is InChI=1S/C20H20N2O8S2/c1-27-10-5-3-8(13(24)14(10)28-2)15-12-17(25)22-20(32-31-15,18(26)21-12)7-19-11(29-19)6-4-9(23)16(19)30-22/h3-6,9,11-12,15-16,23-24H,7H2,1-2H3,(H,21,26). The number of carbonyl (C=O) groups is 2. The first-order chi connectivity index (χ1) is 15.4. The summed E-state index contributed by atoms with van der Waals surface area (Å²) in [4.78, 5) is 31.5. The number of amides is 2. The zero-order valence-electron chi connectivity index (χ0n) is 17.0. The van der Waals surface area contributed by atoms with Crippen LogP contribution in [0.2, 0.25) is 0 Å². The molecule has 5 heterocycles. The number of piperazine rings is 1. The van der Waals surface area contributed by atoms with Gasteiger partial charge in [-0.3, -0.25) is 14.4 Å². The smallest absolute Gasteiger partial charge is 0.272 e. The van der Waals surface area contributed by atoms with E-state index in [1.165, 1.54) is 35.8 Å². The Morgan fingerprint density at radius 1 is 1.25 bits per heavy atom. The number of benzene rings is 1. The fourth-order valence-electron chi connectivity index (χ4n) is 5.00. The summed E-state index contributed by atoms with van der Waals surface area (Å²) < 4.78 is 16.4. The molecule has 2 bridgehead atoms. The molecular weight excluding hydrogens is 460 g/mol. The van der Waals surface area contributed by atoms with Gasteiger partial charge >= 0.3 is 0 Å². The van der Waals surface area contributed by atoms with Gasteiger partial charge in [-0.05, 0) is 6.07 Å². The summed E-state index contributed by atoms with van der Waals surface area (Å²) in [6, 6.07) is 2.31. The van der Waals surface area contributed by atoms with Crippen LogP contribution < -0.4 is 14.8 Å². The second kappa shape index (κ2) is 6.70. The molecule has 3 N–H and O–H groups in total. The van der Waals surface area contributed by atoms with Gasteiger partial charge in [0, 0.05) is 12.0 Å². The summed E-state index contributed by atoms with van der Waals surface area (Å²) in [5, 5.41) is 24.6. The van der Waals surface area contributed by atoms with Crippen molar-refractivity contribution >= 4 is 33.4 Å². The number of phenolic OH excluding ortho intramolecular Hbond substituents is 1. The Kier molecular flexibility index (Phi) is 4.29. The van der Waals surface area contributed by atoms with Crippen molar-refractivity contribution in [3.63, 3.8) is 0 Å². The summed E-state index contributed by atoms with van der Waals surface area (Å²) in [6.45, 7) is 0. The van der Waals surface area contributed by atoms with Crippen LogP contribution in [-0.4, -0.2) is 76.1 Å². The van der Waals surface area contributed by atoms with Crippen molar-refractivity contribution < 1.29 is 38.9 Å². The largest absolute Gasteiger partial charge is 0.504 e. The number of rotatable bonds is 3. The molecular formula is C20H20N2O8S2. The highest BCUT2D eigenvalue weighted by Crippen LogP contribution is 2.64. The molecule has 32 heavy (non-hydrogen) atoms. The molecule has 170 valence electrons. The molecule has 7 unspecified atom stereocenters. The Balaban J connectivity index is 1.41. The van der Waals surface area contributed by atoms with Crippen molar-refractivity contribution in [1.29, 1.82) is 0 Å². The maximum Gasteiger partial charge on any atom is 0.272 e. The first-order valence-corrected chi connectivity index (χ1v) is 12.2. The summed E-state index contributed by atoms with van der Waals surface area (Å²) in [6.07, 6.45) is 1.54. The van der Waals surface area contributed by atoms with Crippen LogP contribution in [0.3, 0.4) is 0 Å². The van der Waals surface area contributed by atoms with Crippen molar-refractivity contribution in [3.05, 3.63) is 29.8 Å². The minimum absolute atomic E-state index is 0.147. The van der Waals surface area contributed by atoms with Crippen LogP contribution in [0.15, 0.2) is 24.3 Å². The lowest BCUT2D eigenvalue weighted by Crippen LogP contribution is -2.74. The number of aliphatic hydroxyl groups excluding tert-OH is 1. The summed E-state index contributed by atoms with van der Waals surface area (Å²) in [5.74, 6) is -0.483. The van der Waals surface area contributed by atoms with E-state index in [4.69, 9.17) is 19.0 Å². The van der Waals surface area contributed by atoms with E-state index in [0.29, 0.717) is 11.3 Å². The third-order valence-corrected chi connectivity index (χ3v) is 10.0. The number of nitrogens with one attached hydrogen (secondary N) is 1. The second-order valence-electron chi connectivity index (χ2n) is 8.28. The number of epoxide rings is 1. The van der Waals surface area contributed by atoms with E-state index in [2.05, 4.69) is 5.32 Å². The average molecular weight is 481 g/mol. The van der Waals surface area contributed by atoms with Gasteiger partial charge in [0.1, 0.15) is 30.0 Å². The molecule has 7 atom stereocenters. The topological polar surface area (TPSA) is 130 Å². The van der Waals surface area contributed by atoms with Crippen LogP contribution in [-0.2, 0) is 19.2 Å². The SMILES string of the molecule is COc1ccc(C2SSC34CC56OC5C=CC(O)C6ON3C(=O)C2NC4=O)c(O)c1OC. The fraction of sp³-hybridized carbons (Fsp3) is 0.500. The minimum Gasteiger partial charge on any atom is -0.504 e. The number of fused-ring (bicyclic) bond motifs is 3. The monoisotopic (exact) mass is 480 g/mol. The van der Waals surface area contributed by atoms with Gasteiger partial charge in [-0.25, -0.2) is 0 Å². The molecule has 7 rings (SSSR count). The van der Waals surface area contributed by atoms with E-state index in [1.807, 2.05) is 0 Å². The molecule has 5 saturated heterocycles. The van der Waals surface area contributed by atoms with Crippen molar-refractivity contribution in [2.75, 3.05) is 14.2 Å². The Hall–Kier alpha value is -2.12. The second-order valence-corrected chi connectivity index (χ2v) is 10.9. The number of hydrogen-bond acceptors (Lipinski definition) is 10. The zero-order chi connectivity index (χ0) is 22.4. The van der Waals surface area contributed by atoms with Crippen LogP contribution in [0.4, 0.5) is 0 Å². The predicted molar refractivity (Wildman–Crippen MR) is 113 cm³/mol. The Labute approximate surface area is 190 Å². The summed E-state index contributed by atoms with van der Waals surface area (Å²) in [5.41, 5.74) is -0.429. The molecule has 10 nitrogen and oxygen atoms in total. The summed E-state index contributed by atoms with van der Waals surface area (Å²) >= 11 is 0. The number of aromatic hydroxyl groups is 1. The first kappa shape index (κ1) is 20.5. The molecule has 2 spiro atoms. The summed E-state index contributed by atoms with van der Waals surface area (Å²) in [7, 11) is 5.38. The quantitative estimate of drug-likeness (QED) is 0.322. The van der Waals surface area contributed by atoms with Crippen molar-refractivity contribution in [2.45, 2.75) is 46.5 Å².